The van der Waals surface area contributed by atoms with Crippen LogP contribution in [0.15, 0.2) is 0 Å². The maximum atomic E-state index is 3.61. The predicted molar refractivity (Wildman–Crippen MR) is 60.1 cm³/mol. The molecule has 2 heteroatoms. The van der Waals surface area contributed by atoms with Crippen molar-refractivity contribution in [3.63, 3.8) is 0 Å². The summed E-state index contributed by atoms with van der Waals surface area (Å²) < 4.78 is 0. The molecule has 0 spiro atoms. The second kappa shape index (κ2) is 7.34. The van der Waals surface area contributed by atoms with E-state index in [0.717, 1.165) is 0 Å². The molecule has 2 nitrogen and oxygen atoms in total. The molecule has 0 amide bonds. The Hall–Kier alpha value is -0.0800. The van der Waals surface area contributed by atoms with Crippen LogP contribution in [0, 0.1) is 0 Å². The van der Waals surface area contributed by atoms with Crippen LogP contribution in [0.5, 0.6) is 0 Å². The van der Waals surface area contributed by atoms with Gasteiger partial charge in [-0.2, -0.15) is 0 Å². The molecule has 0 saturated heterocycles. The number of nitrogens with zero attached hydrogens (tertiary/aromatic N) is 1. The molecule has 0 aliphatic rings. The highest BCUT2D eigenvalue weighted by atomic mass is 15.1. The van der Waals surface area contributed by atoms with Gasteiger partial charge in [0.2, 0.25) is 0 Å². The Bertz CT molecular complexity index is 113. The minimum atomic E-state index is 0.643. The zero-order valence-corrected chi connectivity index (χ0v) is 9.93. The van der Waals surface area contributed by atoms with Crippen molar-refractivity contribution in [2.45, 2.75) is 52.1 Å². The fourth-order valence-corrected chi connectivity index (χ4v) is 1.54. The first-order valence-electron chi connectivity index (χ1n) is 5.47. The summed E-state index contributed by atoms with van der Waals surface area (Å²) in [6, 6.07) is 1.31. The highest BCUT2D eigenvalue weighted by Crippen LogP contribution is 1.99. The van der Waals surface area contributed by atoms with Crippen LogP contribution in [0.3, 0.4) is 0 Å². The first-order valence-corrected chi connectivity index (χ1v) is 5.47. The van der Waals surface area contributed by atoms with Crippen LogP contribution in [0.2, 0.25) is 0 Å². The van der Waals surface area contributed by atoms with E-state index in [9.17, 15) is 0 Å². The van der Waals surface area contributed by atoms with Gasteiger partial charge in [-0.05, 0) is 47.3 Å². The van der Waals surface area contributed by atoms with Crippen LogP contribution in [-0.4, -0.2) is 37.6 Å². The molecule has 0 aliphatic carbocycles. The lowest BCUT2D eigenvalue weighted by Crippen LogP contribution is -2.36. The second-order valence-corrected chi connectivity index (χ2v) is 4.35. The van der Waals surface area contributed by atoms with Crippen molar-refractivity contribution in [3.05, 3.63) is 0 Å². The summed E-state index contributed by atoms with van der Waals surface area (Å²) in [5, 5.41) is 3.61. The molecule has 0 rings (SSSR count). The van der Waals surface area contributed by atoms with Gasteiger partial charge in [0.1, 0.15) is 0 Å². The average Bonchev–Trinajstić information content (AvgIpc) is 2.01. The van der Waals surface area contributed by atoms with Gasteiger partial charge in [-0.1, -0.05) is 13.3 Å². The van der Waals surface area contributed by atoms with Crippen LogP contribution < -0.4 is 5.32 Å². The summed E-state index contributed by atoms with van der Waals surface area (Å²) in [4.78, 5) is 2.24. The molecule has 0 aliphatic heterocycles. The molecule has 0 radical (unpaired) electrons. The molecule has 2 atom stereocenters. The molecule has 1 N–H and O–H groups in total. The first-order chi connectivity index (χ1) is 6.06. The molecule has 0 saturated carbocycles. The Morgan fingerprint density at radius 3 is 2.08 bits per heavy atom. The van der Waals surface area contributed by atoms with Crippen molar-refractivity contribution >= 4 is 0 Å². The Balaban J connectivity index is 3.43. The van der Waals surface area contributed by atoms with E-state index in [-0.39, 0.29) is 0 Å². The Kier molecular flexibility index (Phi) is 7.29. The summed E-state index contributed by atoms with van der Waals surface area (Å²) >= 11 is 0. The maximum Gasteiger partial charge on any atom is 0.00533 e. The van der Waals surface area contributed by atoms with Crippen molar-refractivity contribution in [3.8, 4) is 0 Å². The Labute approximate surface area is 83.7 Å². The van der Waals surface area contributed by atoms with Gasteiger partial charge in [0.15, 0.2) is 0 Å². The van der Waals surface area contributed by atoms with Crippen LogP contribution >= 0.6 is 0 Å². The maximum absolute atomic E-state index is 3.61. The van der Waals surface area contributed by atoms with Crippen molar-refractivity contribution < 1.29 is 0 Å². The molecular formula is C11H26N2. The Morgan fingerprint density at radius 2 is 1.62 bits per heavy atom. The zero-order valence-electron chi connectivity index (χ0n) is 9.93. The van der Waals surface area contributed by atoms with Crippen LogP contribution in [0.4, 0.5) is 0 Å². The van der Waals surface area contributed by atoms with Crippen molar-refractivity contribution in [1.82, 2.24) is 10.2 Å². The highest BCUT2D eigenvalue weighted by molar-refractivity contribution is 4.67. The zero-order chi connectivity index (χ0) is 10.3. The molecule has 0 aromatic carbocycles. The summed E-state index contributed by atoms with van der Waals surface area (Å²) in [6.07, 6.45) is 3.79. The van der Waals surface area contributed by atoms with E-state index in [1.54, 1.807) is 0 Å². The predicted octanol–water partition coefficient (Wildman–Crippen LogP) is 2.10. The molecule has 80 valence electrons. The monoisotopic (exact) mass is 186 g/mol. The van der Waals surface area contributed by atoms with E-state index < -0.39 is 0 Å². The third kappa shape index (κ3) is 8.26. The van der Waals surface area contributed by atoms with Crippen LogP contribution in [0.25, 0.3) is 0 Å². The number of hydrogen-bond donors (Lipinski definition) is 1. The lowest BCUT2D eigenvalue weighted by molar-refractivity contribution is 0.348. The van der Waals surface area contributed by atoms with Crippen molar-refractivity contribution in [2.75, 3.05) is 20.6 Å². The van der Waals surface area contributed by atoms with Gasteiger partial charge in [-0.3, -0.25) is 0 Å². The van der Waals surface area contributed by atoms with Crippen LogP contribution in [-0.2, 0) is 0 Å². The minimum absolute atomic E-state index is 0.643. The van der Waals surface area contributed by atoms with Crippen molar-refractivity contribution in [1.29, 1.82) is 0 Å². The number of nitrogens with one attached hydrogen (secondary N) is 1. The summed E-state index contributed by atoms with van der Waals surface area (Å²) in [7, 11) is 4.25. The summed E-state index contributed by atoms with van der Waals surface area (Å²) in [5.41, 5.74) is 0. The molecule has 0 heterocycles. The van der Waals surface area contributed by atoms with E-state index in [4.69, 9.17) is 0 Å². The first kappa shape index (κ1) is 12.9. The van der Waals surface area contributed by atoms with Gasteiger partial charge in [-0.25, -0.2) is 0 Å². The van der Waals surface area contributed by atoms with Gasteiger partial charge >= 0.3 is 0 Å². The fourth-order valence-electron chi connectivity index (χ4n) is 1.54. The average molecular weight is 186 g/mol. The Morgan fingerprint density at radius 1 is 1.08 bits per heavy atom. The van der Waals surface area contributed by atoms with Crippen molar-refractivity contribution in [2.24, 2.45) is 0 Å². The summed E-state index contributed by atoms with van der Waals surface area (Å²) in [6.45, 7) is 7.96. The van der Waals surface area contributed by atoms with Gasteiger partial charge < -0.3 is 10.2 Å². The van der Waals surface area contributed by atoms with E-state index >= 15 is 0 Å². The highest BCUT2D eigenvalue weighted by Gasteiger charge is 2.06. The van der Waals surface area contributed by atoms with Gasteiger partial charge in [0.25, 0.3) is 0 Å². The minimum Gasteiger partial charge on any atom is -0.312 e. The van der Waals surface area contributed by atoms with E-state index in [1.807, 2.05) is 0 Å². The molecular weight excluding hydrogens is 160 g/mol. The van der Waals surface area contributed by atoms with Gasteiger partial charge in [0.05, 0.1) is 0 Å². The topological polar surface area (TPSA) is 15.3 Å². The SMILES string of the molecule is CCCC(C)NC(C)CCN(C)C. The lowest BCUT2D eigenvalue weighted by Gasteiger charge is -2.21. The fraction of sp³-hybridized carbons (Fsp3) is 1.00. The smallest absolute Gasteiger partial charge is 0.00533 e. The molecule has 0 bridgehead atoms. The van der Waals surface area contributed by atoms with Gasteiger partial charge in [-0.15, -0.1) is 0 Å². The van der Waals surface area contributed by atoms with E-state index in [2.05, 4.69) is 45.1 Å². The lowest BCUT2D eigenvalue weighted by atomic mass is 10.1. The molecule has 2 unspecified atom stereocenters. The largest absolute Gasteiger partial charge is 0.312 e. The quantitative estimate of drug-likeness (QED) is 0.655. The third-order valence-corrected chi connectivity index (χ3v) is 2.30. The molecule has 0 aromatic heterocycles. The normalized spacial score (nSPS) is 16.2. The molecule has 0 aromatic rings. The second-order valence-electron chi connectivity index (χ2n) is 4.35. The molecule has 13 heavy (non-hydrogen) atoms. The van der Waals surface area contributed by atoms with E-state index in [1.165, 1.54) is 25.8 Å². The number of rotatable bonds is 7. The van der Waals surface area contributed by atoms with E-state index in [0.29, 0.717) is 12.1 Å². The van der Waals surface area contributed by atoms with Crippen LogP contribution in [0.1, 0.15) is 40.0 Å². The number of hydrogen-bond acceptors (Lipinski definition) is 2. The third-order valence-electron chi connectivity index (χ3n) is 2.30. The molecule has 0 fully saturated rings. The summed E-state index contributed by atoms with van der Waals surface area (Å²) in [5.74, 6) is 0. The standard InChI is InChI=1S/C11H26N2/c1-6-7-10(2)12-11(3)8-9-13(4)5/h10-12H,6-9H2,1-5H3. The van der Waals surface area contributed by atoms with Gasteiger partial charge in [0, 0.05) is 12.1 Å².